The van der Waals surface area contributed by atoms with Gasteiger partial charge in [0, 0.05) is 3.57 Å². The van der Waals surface area contributed by atoms with Gasteiger partial charge in [0.15, 0.2) is 0 Å². The summed E-state index contributed by atoms with van der Waals surface area (Å²) in [4.78, 5) is 0. The van der Waals surface area contributed by atoms with Crippen LogP contribution in [0.3, 0.4) is 0 Å². The van der Waals surface area contributed by atoms with E-state index in [0.717, 1.165) is 3.57 Å². The Morgan fingerprint density at radius 1 is 1.20 bits per heavy atom. The zero-order valence-electron chi connectivity index (χ0n) is 4.74. The van der Waals surface area contributed by atoms with E-state index >= 15 is 0 Å². The SMILES string of the molecule is Oc1ccc(I)c(Cl)c1Cl. The first-order valence-corrected chi connectivity index (χ1v) is 4.29. The molecule has 0 radical (unpaired) electrons. The van der Waals surface area contributed by atoms with E-state index < -0.39 is 0 Å². The number of phenolic OH excluding ortho intramolecular Hbond substituents is 1. The minimum absolute atomic E-state index is 0.0204. The highest BCUT2D eigenvalue weighted by Crippen LogP contribution is 2.33. The minimum atomic E-state index is 0.0204. The first kappa shape index (κ1) is 8.43. The predicted octanol–water partition coefficient (Wildman–Crippen LogP) is 3.30. The molecule has 54 valence electrons. The lowest BCUT2D eigenvalue weighted by molar-refractivity contribution is 0.475. The third-order valence-corrected chi connectivity index (χ3v) is 3.10. The van der Waals surface area contributed by atoms with Crippen LogP contribution in [0.15, 0.2) is 12.1 Å². The average Bonchev–Trinajstić information content (AvgIpc) is 1.93. The average molecular weight is 289 g/mol. The van der Waals surface area contributed by atoms with Crippen LogP contribution in [0.4, 0.5) is 0 Å². The summed E-state index contributed by atoms with van der Waals surface area (Å²) in [5, 5.41) is 9.63. The van der Waals surface area contributed by atoms with Crippen LogP contribution in [0.5, 0.6) is 5.75 Å². The zero-order valence-corrected chi connectivity index (χ0v) is 8.41. The normalized spacial score (nSPS) is 9.90. The molecule has 0 saturated carbocycles. The molecule has 1 aromatic carbocycles. The maximum atomic E-state index is 9.00. The van der Waals surface area contributed by atoms with E-state index in [1.807, 2.05) is 22.6 Å². The van der Waals surface area contributed by atoms with E-state index in [1.54, 1.807) is 6.07 Å². The number of benzene rings is 1. The van der Waals surface area contributed by atoms with Crippen LogP contribution in [0, 0.1) is 3.57 Å². The second kappa shape index (κ2) is 3.15. The van der Waals surface area contributed by atoms with Gasteiger partial charge in [-0.25, -0.2) is 0 Å². The molecule has 0 spiro atoms. The van der Waals surface area contributed by atoms with Gasteiger partial charge in [-0.3, -0.25) is 0 Å². The quantitative estimate of drug-likeness (QED) is 0.574. The molecule has 0 atom stereocenters. The van der Waals surface area contributed by atoms with Crippen molar-refractivity contribution in [2.24, 2.45) is 0 Å². The second-order valence-corrected chi connectivity index (χ2v) is 3.61. The topological polar surface area (TPSA) is 20.2 Å². The van der Waals surface area contributed by atoms with Crippen molar-refractivity contribution >= 4 is 45.8 Å². The molecule has 0 aliphatic heterocycles. The molecule has 0 aromatic heterocycles. The van der Waals surface area contributed by atoms with Gasteiger partial charge in [-0.15, -0.1) is 0 Å². The van der Waals surface area contributed by atoms with Crippen molar-refractivity contribution < 1.29 is 5.11 Å². The Kier molecular flexibility index (Phi) is 2.66. The number of rotatable bonds is 0. The first-order valence-electron chi connectivity index (χ1n) is 2.45. The fraction of sp³-hybridized carbons (Fsp3) is 0. The molecule has 1 rings (SSSR count). The van der Waals surface area contributed by atoms with Crippen LogP contribution in [0.25, 0.3) is 0 Å². The molecule has 4 heteroatoms. The molecule has 0 unspecified atom stereocenters. The Hall–Kier alpha value is 0.330. The molecule has 0 aliphatic carbocycles. The largest absolute Gasteiger partial charge is 0.506 e. The Labute approximate surface area is 82.1 Å². The summed E-state index contributed by atoms with van der Waals surface area (Å²) in [6.45, 7) is 0. The van der Waals surface area contributed by atoms with Gasteiger partial charge in [0.1, 0.15) is 10.8 Å². The smallest absolute Gasteiger partial charge is 0.135 e. The molecule has 0 aliphatic rings. The summed E-state index contributed by atoms with van der Waals surface area (Å²) >= 11 is 13.3. The Morgan fingerprint density at radius 2 is 1.80 bits per heavy atom. The monoisotopic (exact) mass is 288 g/mol. The number of aromatic hydroxyl groups is 1. The van der Waals surface area contributed by atoms with Gasteiger partial charge in [-0.2, -0.15) is 0 Å². The third kappa shape index (κ3) is 1.49. The molecule has 0 bridgehead atoms. The fourth-order valence-electron chi connectivity index (χ4n) is 0.516. The van der Waals surface area contributed by atoms with E-state index in [2.05, 4.69) is 0 Å². The highest BCUT2D eigenvalue weighted by molar-refractivity contribution is 14.1. The van der Waals surface area contributed by atoms with Crippen molar-refractivity contribution in [3.8, 4) is 5.75 Å². The first-order chi connectivity index (χ1) is 4.63. The summed E-state index contributed by atoms with van der Waals surface area (Å²) < 4.78 is 0.835. The van der Waals surface area contributed by atoms with E-state index in [1.165, 1.54) is 6.07 Å². The van der Waals surface area contributed by atoms with Crippen LogP contribution in [0.2, 0.25) is 10.0 Å². The summed E-state index contributed by atoms with van der Waals surface area (Å²) in [7, 11) is 0. The van der Waals surface area contributed by atoms with E-state index in [9.17, 15) is 0 Å². The highest BCUT2D eigenvalue weighted by Gasteiger charge is 2.05. The van der Waals surface area contributed by atoms with E-state index in [0.29, 0.717) is 5.02 Å². The van der Waals surface area contributed by atoms with Crippen molar-refractivity contribution in [2.45, 2.75) is 0 Å². The van der Waals surface area contributed by atoms with Crippen LogP contribution in [-0.4, -0.2) is 5.11 Å². The molecule has 10 heavy (non-hydrogen) atoms. The van der Waals surface area contributed by atoms with Gasteiger partial charge in [-0.05, 0) is 34.7 Å². The molecule has 0 heterocycles. The van der Waals surface area contributed by atoms with Crippen LogP contribution in [0.1, 0.15) is 0 Å². The van der Waals surface area contributed by atoms with Crippen LogP contribution in [-0.2, 0) is 0 Å². The van der Waals surface area contributed by atoms with Gasteiger partial charge in [0.25, 0.3) is 0 Å². The number of phenols is 1. The number of halogens is 3. The summed E-state index contributed by atoms with van der Waals surface area (Å²) in [5.41, 5.74) is 0. The van der Waals surface area contributed by atoms with Crippen molar-refractivity contribution in [2.75, 3.05) is 0 Å². The summed E-state index contributed by atoms with van der Waals surface area (Å²) in [5.74, 6) is 0.0204. The second-order valence-electron chi connectivity index (χ2n) is 1.69. The van der Waals surface area contributed by atoms with E-state index in [4.69, 9.17) is 28.3 Å². The standard InChI is InChI=1S/C6H3Cl2IO/c7-5-3(9)1-2-4(10)6(5)8/h1-2,10H. The Bertz CT molecular complexity index is 235. The molecule has 0 saturated heterocycles. The lowest BCUT2D eigenvalue weighted by Crippen LogP contribution is -1.75. The Balaban J connectivity index is 3.34. The molecular weight excluding hydrogens is 286 g/mol. The van der Waals surface area contributed by atoms with Crippen molar-refractivity contribution in [1.82, 2.24) is 0 Å². The summed E-state index contributed by atoms with van der Waals surface area (Å²) in [6, 6.07) is 3.21. The van der Waals surface area contributed by atoms with Crippen molar-refractivity contribution in [3.63, 3.8) is 0 Å². The molecule has 0 amide bonds. The fourth-order valence-corrected chi connectivity index (χ4v) is 1.45. The maximum absolute atomic E-state index is 9.00. The maximum Gasteiger partial charge on any atom is 0.135 e. The molecule has 1 aromatic rings. The van der Waals surface area contributed by atoms with Crippen molar-refractivity contribution in [3.05, 3.63) is 25.7 Å². The number of hydrogen-bond acceptors (Lipinski definition) is 1. The van der Waals surface area contributed by atoms with Gasteiger partial charge in [0.2, 0.25) is 0 Å². The third-order valence-electron chi connectivity index (χ3n) is 1.01. The summed E-state index contributed by atoms with van der Waals surface area (Å²) in [6.07, 6.45) is 0. The van der Waals surface area contributed by atoms with Crippen LogP contribution < -0.4 is 0 Å². The molecule has 1 nitrogen and oxygen atoms in total. The lowest BCUT2D eigenvalue weighted by atomic mass is 10.3. The van der Waals surface area contributed by atoms with Gasteiger partial charge in [0.05, 0.1) is 5.02 Å². The van der Waals surface area contributed by atoms with Crippen molar-refractivity contribution in [1.29, 1.82) is 0 Å². The molecule has 1 N–H and O–H groups in total. The van der Waals surface area contributed by atoms with Crippen LogP contribution >= 0.6 is 45.8 Å². The predicted molar refractivity (Wildman–Crippen MR) is 50.8 cm³/mol. The van der Waals surface area contributed by atoms with Gasteiger partial charge < -0.3 is 5.11 Å². The number of hydrogen-bond donors (Lipinski definition) is 1. The zero-order chi connectivity index (χ0) is 7.72. The minimum Gasteiger partial charge on any atom is -0.506 e. The molecule has 0 fully saturated rings. The Morgan fingerprint density at radius 3 is 2.30 bits per heavy atom. The lowest BCUT2D eigenvalue weighted by Gasteiger charge is -1.99. The van der Waals surface area contributed by atoms with Gasteiger partial charge >= 0.3 is 0 Å². The molecular formula is C6H3Cl2IO. The van der Waals surface area contributed by atoms with E-state index in [-0.39, 0.29) is 10.8 Å². The van der Waals surface area contributed by atoms with Gasteiger partial charge in [-0.1, -0.05) is 23.2 Å². The highest BCUT2D eigenvalue weighted by atomic mass is 127.